The van der Waals surface area contributed by atoms with Crippen molar-refractivity contribution >= 4 is 11.8 Å². The summed E-state index contributed by atoms with van der Waals surface area (Å²) in [6.07, 6.45) is 5.29. The zero-order valence-electron chi connectivity index (χ0n) is 15.3. The van der Waals surface area contributed by atoms with Gasteiger partial charge >= 0.3 is 0 Å². The van der Waals surface area contributed by atoms with Crippen LogP contribution in [-0.4, -0.2) is 65.4 Å². The maximum atomic E-state index is 13.1. The number of pyridine rings is 1. The van der Waals surface area contributed by atoms with Crippen molar-refractivity contribution < 1.29 is 9.59 Å². The molecule has 0 radical (unpaired) electrons. The molecule has 140 valence electrons. The third kappa shape index (κ3) is 3.85. The molecule has 1 N–H and O–H groups in total. The highest BCUT2D eigenvalue weighted by molar-refractivity contribution is 5.95. The summed E-state index contributed by atoms with van der Waals surface area (Å²) in [6.45, 7) is 3.26. The van der Waals surface area contributed by atoms with Crippen LogP contribution in [0.4, 0.5) is 0 Å². The van der Waals surface area contributed by atoms with Crippen molar-refractivity contribution in [3.63, 3.8) is 0 Å². The van der Waals surface area contributed by atoms with E-state index in [1.165, 1.54) is 0 Å². The lowest BCUT2D eigenvalue weighted by atomic mass is 10.0. The standard InChI is InChI=1S/C21H24N4O2/c26-20-14-22-8-10-25(20)19-7-4-9-24(15-19)21(27)18-11-17(12-23-13-18)16-5-2-1-3-6-16/h1-3,5-6,11-13,19,22H,4,7-10,14-15H2. The molecule has 2 fully saturated rings. The second kappa shape index (κ2) is 7.88. The molecule has 4 rings (SSSR count). The lowest BCUT2D eigenvalue weighted by Crippen LogP contribution is -2.57. The van der Waals surface area contributed by atoms with Crippen LogP contribution in [0.15, 0.2) is 48.8 Å². The van der Waals surface area contributed by atoms with Crippen molar-refractivity contribution in [2.75, 3.05) is 32.7 Å². The number of carbonyl (C=O) groups is 2. The number of aromatic nitrogens is 1. The van der Waals surface area contributed by atoms with E-state index in [4.69, 9.17) is 0 Å². The topological polar surface area (TPSA) is 65.5 Å². The van der Waals surface area contributed by atoms with E-state index >= 15 is 0 Å². The molecule has 6 heteroatoms. The van der Waals surface area contributed by atoms with E-state index in [0.29, 0.717) is 18.7 Å². The summed E-state index contributed by atoms with van der Waals surface area (Å²) in [4.78, 5) is 33.3. The van der Waals surface area contributed by atoms with Crippen molar-refractivity contribution in [2.45, 2.75) is 18.9 Å². The van der Waals surface area contributed by atoms with Crippen LogP contribution in [0.25, 0.3) is 11.1 Å². The van der Waals surface area contributed by atoms with Gasteiger partial charge in [0, 0.05) is 50.2 Å². The van der Waals surface area contributed by atoms with E-state index in [2.05, 4.69) is 10.3 Å². The average molecular weight is 364 g/mol. The fourth-order valence-corrected chi connectivity index (χ4v) is 3.93. The molecular formula is C21H24N4O2. The molecule has 0 aliphatic carbocycles. The first-order valence-electron chi connectivity index (χ1n) is 9.52. The molecule has 0 bridgehead atoms. The van der Waals surface area contributed by atoms with Gasteiger partial charge in [0.1, 0.15) is 0 Å². The third-order valence-corrected chi connectivity index (χ3v) is 5.34. The zero-order chi connectivity index (χ0) is 18.6. The number of nitrogens with zero attached hydrogens (tertiary/aromatic N) is 3. The molecule has 1 atom stereocenters. The summed E-state index contributed by atoms with van der Waals surface area (Å²) in [5.41, 5.74) is 2.58. The number of carbonyl (C=O) groups excluding carboxylic acids is 2. The molecule has 2 amide bonds. The van der Waals surface area contributed by atoms with Crippen LogP contribution in [0.1, 0.15) is 23.2 Å². The average Bonchev–Trinajstić information content (AvgIpc) is 2.74. The summed E-state index contributed by atoms with van der Waals surface area (Å²) in [6, 6.07) is 12.0. The smallest absolute Gasteiger partial charge is 0.255 e. The molecule has 1 unspecified atom stereocenters. The first-order chi connectivity index (χ1) is 13.2. The molecule has 3 heterocycles. The minimum atomic E-state index is -0.00688. The predicted molar refractivity (Wildman–Crippen MR) is 103 cm³/mol. The van der Waals surface area contributed by atoms with Crippen molar-refractivity contribution in [1.29, 1.82) is 0 Å². The number of benzene rings is 1. The summed E-state index contributed by atoms with van der Waals surface area (Å²) in [5, 5.41) is 3.11. The minimum Gasteiger partial charge on any atom is -0.337 e. The molecule has 6 nitrogen and oxygen atoms in total. The van der Waals surface area contributed by atoms with Gasteiger partial charge in [0.15, 0.2) is 0 Å². The molecular weight excluding hydrogens is 340 g/mol. The van der Waals surface area contributed by atoms with Crippen LogP contribution in [0.2, 0.25) is 0 Å². The van der Waals surface area contributed by atoms with Gasteiger partial charge < -0.3 is 15.1 Å². The zero-order valence-corrected chi connectivity index (χ0v) is 15.3. The number of hydrogen-bond donors (Lipinski definition) is 1. The Morgan fingerprint density at radius 3 is 2.78 bits per heavy atom. The van der Waals surface area contributed by atoms with Gasteiger partial charge in [-0.3, -0.25) is 14.6 Å². The molecule has 0 saturated carbocycles. The molecule has 2 aliphatic heterocycles. The van der Waals surface area contributed by atoms with E-state index < -0.39 is 0 Å². The second-order valence-electron chi connectivity index (χ2n) is 7.14. The maximum absolute atomic E-state index is 13.1. The van der Waals surface area contributed by atoms with E-state index in [0.717, 1.165) is 43.6 Å². The highest BCUT2D eigenvalue weighted by atomic mass is 16.2. The van der Waals surface area contributed by atoms with Gasteiger partial charge in [-0.2, -0.15) is 0 Å². The lowest BCUT2D eigenvalue weighted by molar-refractivity contribution is -0.135. The van der Waals surface area contributed by atoms with E-state index in [1.807, 2.05) is 46.2 Å². The predicted octanol–water partition coefficient (Wildman–Crippen LogP) is 1.78. The Bertz CT molecular complexity index is 824. The van der Waals surface area contributed by atoms with Gasteiger partial charge in [-0.25, -0.2) is 0 Å². The number of hydrogen-bond acceptors (Lipinski definition) is 4. The second-order valence-corrected chi connectivity index (χ2v) is 7.14. The van der Waals surface area contributed by atoms with Gasteiger partial charge in [-0.1, -0.05) is 30.3 Å². The van der Waals surface area contributed by atoms with Crippen LogP contribution >= 0.6 is 0 Å². The lowest BCUT2D eigenvalue weighted by Gasteiger charge is -2.41. The Morgan fingerprint density at radius 2 is 1.96 bits per heavy atom. The maximum Gasteiger partial charge on any atom is 0.255 e. The quantitative estimate of drug-likeness (QED) is 0.902. The third-order valence-electron chi connectivity index (χ3n) is 5.34. The van der Waals surface area contributed by atoms with Crippen LogP contribution in [0.5, 0.6) is 0 Å². The molecule has 1 aromatic heterocycles. The normalized spacial score (nSPS) is 20.6. The van der Waals surface area contributed by atoms with Gasteiger partial charge in [0.05, 0.1) is 12.1 Å². The van der Waals surface area contributed by atoms with E-state index in [-0.39, 0.29) is 17.9 Å². The van der Waals surface area contributed by atoms with Gasteiger partial charge in [-0.15, -0.1) is 0 Å². The van der Waals surface area contributed by atoms with E-state index in [1.54, 1.807) is 12.4 Å². The SMILES string of the molecule is O=C(c1cncc(-c2ccccc2)c1)N1CCCC(N2CCNCC2=O)C1. The molecule has 2 aromatic rings. The molecule has 0 spiro atoms. The first kappa shape index (κ1) is 17.7. The largest absolute Gasteiger partial charge is 0.337 e. The molecule has 1 aromatic carbocycles. The fraction of sp³-hybridized carbons (Fsp3) is 0.381. The van der Waals surface area contributed by atoms with Crippen molar-refractivity contribution in [2.24, 2.45) is 0 Å². The Hall–Kier alpha value is -2.73. The summed E-state index contributed by atoms with van der Waals surface area (Å²) in [7, 11) is 0. The summed E-state index contributed by atoms with van der Waals surface area (Å²) < 4.78 is 0. The minimum absolute atomic E-state index is 0.00688. The number of nitrogens with one attached hydrogen (secondary N) is 1. The summed E-state index contributed by atoms with van der Waals surface area (Å²) in [5.74, 6) is 0.126. The Labute approximate surface area is 159 Å². The van der Waals surface area contributed by atoms with Crippen LogP contribution in [0.3, 0.4) is 0 Å². The van der Waals surface area contributed by atoms with E-state index in [9.17, 15) is 9.59 Å². The Balaban J connectivity index is 1.50. The van der Waals surface area contributed by atoms with Crippen molar-refractivity contribution in [3.8, 4) is 11.1 Å². The van der Waals surface area contributed by atoms with Crippen LogP contribution in [0, 0.1) is 0 Å². The fourth-order valence-electron chi connectivity index (χ4n) is 3.93. The van der Waals surface area contributed by atoms with Crippen molar-refractivity contribution in [3.05, 3.63) is 54.4 Å². The number of rotatable bonds is 3. The molecule has 27 heavy (non-hydrogen) atoms. The van der Waals surface area contributed by atoms with Gasteiger partial charge in [0.25, 0.3) is 5.91 Å². The highest BCUT2D eigenvalue weighted by Crippen LogP contribution is 2.22. The highest BCUT2D eigenvalue weighted by Gasteiger charge is 2.32. The number of piperazine rings is 1. The van der Waals surface area contributed by atoms with Crippen molar-refractivity contribution in [1.82, 2.24) is 20.1 Å². The molecule has 2 aliphatic rings. The van der Waals surface area contributed by atoms with Gasteiger partial charge in [0.2, 0.25) is 5.91 Å². The van der Waals surface area contributed by atoms with Crippen LogP contribution in [-0.2, 0) is 4.79 Å². The Kier molecular flexibility index (Phi) is 5.16. The number of likely N-dealkylation sites (tertiary alicyclic amines) is 1. The molecule has 2 saturated heterocycles. The first-order valence-corrected chi connectivity index (χ1v) is 9.52. The number of piperidine rings is 1. The van der Waals surface area contributed by atoms with Gasteiger partial charge in [-0.05, 0) is 24.5 Å². The monoisotopic (exact) mass is 364 g/mol. The van der Waals surface area contributed by atoms with Crippen LogP contribution < -0.4 is 5.32 Å². The summed E-state index contributed by atoms with van der Waals surface area (Å²) >= 11 is 0. The Morgan fingerprint density at radius 1 is 1.11 bits per heavy atom. The number of amides is 2.